The molecule has 1 aromatic rings. The molecular formula is C10H9ClFNO. The molecule has 4 heteroatoms. The number of rotatable bonds is 3. The number of hydrogen-bond donors (Lipinski definition) is 1. The van der Waals surface area contributed by atoms with Gasteiger partial charge in [-0.15, -0.1) is 6.58 Å². The Hall–Kier alpha value is -1.35. The van der Waals surface area contributed by atoms with Crippen LogP contribution in [0.2, 0.25) is 5.02 Å². The molecule has 0 radical (unpaired) electrons. The molecule has 0 bridgehead atoms. The zero-order valence-corrected chi connectivity index (χ0v) is 8.14. The average molecular weight is 214 g/mol. The molecule has 1 aromatic carbocycles. The van der Waals surface area contributed by atoms with Crippen molar-refractivity contribution in [2.75, 3.05) is 6.54 Å². The van der Waals surface area contributed by atoms with Gasteiger partial charge in [0, 0.05) is 6.54 Å². The summed E-state index contributed by atoms with van der Waals surface area (Å²) in [4.78, 5) is 11.4. The van der Waals surface area contributed by atoms with Crippen molar-refractivity contribution >= 4 is 17.5 Å². The predicted molar refractivity (Wildman–Crippen MR) is 53.9 cm³/mol. The normalized spacial score (nSPS) is 9.57. The summed E-state index contributed by atoms with van der Waals surface area (Å²) >= 11 is 5.72. The Morgan fingerprint density at radius 3 is 3.00 bits per heavy atom. The predicted octanol–water partition coefficient (Wildman–Crippen LogP) is 2.39. The maximum Gasteiger partial charge on any atom is 0.253 e. The summed E-state index contributed by atoms with van der Waals surface area (Å²) in [5.41, 5.74) is 0.133. The fourth-order valence-corrected chi connectivity index (χ4v) is 1.13. The number of nitrogens with one attached hydrogen (secondary N) is 1. The lowest BCUT2D eigenvalue weighted by Crippen LogP contribution is -2.23. The van der Waals surface area contributed by atoms with Gasteiger partial charge in [-0.1, -0.05) is 17.7 Å². The summed E-state index contributed by atoms with van der Waals surface area (Å²) < 4.78 is 12.8. The van der Waals surface area contributed by atoms with E-state index in [-0.39, 0.29) is 10.6 Å². The van der Waals surface area contributed by atoms with Gasteiger partial charge in [0.2, 0.25) is 0 Å². The van der Waals surface area contributed by atoms with Gasteiger partial charge in [-0.3, -0.25) is 4.79 Å². The van der Waals surface area contributed by atoms with Gasteiger partial charge in [-0.2, -0.15) is 0 Å². The van der Waals surface area contributed by atoms with E-state index in [1.807, 2.05) is 0 Å². The number of amides is 1. The minimum Gasteiger partial charge on any atom is -0.349 e. The first-order valence-corrected chi connectivity index (χ1v) is 4.37. The molecule has 74 valence electrons. The van der Waals surface area contributed by atoms with E-state index < -0.39 is 11.7 Å². The van der Waals surface area contributed by atoms with E-state index in [9.17, 15) is 9.18 Å². The highest BCUT2D eigenvalue weighted by Gasteiger charge is 2.09. The minimum atomic E-state index is -0.488. The van der Waals surface area contributed by atoms with Crippen LogP contribution in [-0.4, -0.2) is 12.5 Å². The van der Waals surface area contributed by atoms with Crippen molar-refractivity contribution in [2.45, 2.75) is 0 Å². The van der Waals surface area contributed by atoms with Gasteiger partial charge >= 0.3 is 0 Å². The third-order valence-electron chi connectivity index (χ3n) is 1.58. The molecule has 1 N–H and O–H groups in total. The molecule has 1 amide bonds. The first-order valence-electron chi connectivity index (χ1n) is 3.99. The fraction of sp³-hybridized carbons (Fsp3) is 0.100. The van der Waals surface area contributed by atoms with E-state index in [4.69, 9.17) is 11.6 Å². The van der Waals surface area contributed by atoms with Gasteiger partial charge in [0.25, 0.3) is 5.91 Å². The van der Waals surface area contributed by atoms with Gasteiger partial charge in [-0.25, -0.2) is 4.39 Å². The molecule has 0 aliphatic rings. The van der Waals surface area contributed by atoms with E-state index in [1.54, 1.807) is 0 Å². The van der Waals surface area contributed by atoms with Gasteiger partial charge in [0.1, 0.15) is 5.82 Å². The molecule has 0 fully saturated rings. The number of carbonyl (C=O) groups is 1. The quantitative estimate of drug-likeness (QED) is 0.768. The number of carbonyl (C=O) groups excluding carboxylic acids is 1. The Kier molecular flexibility index (Phi) is 3.65. The van der Waals surface area contributed by atoms with Crippen molar-refractivity contribution in [3.8, 4) is 0 Å². The van der Waals surface area contributed by atoms with Crippen LogP contribution < -0.4 is 5.32 Å². The van der Waals surface area contributed by atoms with Gasteiger partial charge in [-0.05, 0) is 18.2 Å². The van der Waals surface area contributed by atoms with Crippen LogP contribution in [0.5, 0.6) is 0 Å². The topological polar surface area (TPSA) is 29.1 Å². The van der Waals surface area contributed by atoms with Crippen LogP contribution in [0.4, 0.5) is 4.39 Å². The van der Waals surface area contributed by atoms with Crippen LogP contribution in [0.1, 0.15) is 10.4 Å². The average Bonchev–Trinajstić information content (AvgIpc) is 2.18. The Morgan fingerprint density at radius 1 is 1.64 bits per heavy atom. The third-order valence-corrected chi connectivity index (χ3v) is 1.91. The molecule has 0 atom stereocenters. The van der Waals surface area contributed by atoms with Crippen molar-refractivity contribution in [2.24, 2.45) is 0 Å². The highest BCUT2D eigenvalue weighted by atomic mass is 35.5. The van der Waals surface area contributed by atoms with Crippen molar-refractivity contribution in [1.82, 2.24) is 5.32 Å². The van der Waals surface area contributed by atoms with E-state index in [0.717, 1.165) is 6.07 Å². The van der Waals surface area contributed by atoms with Crippen LogP contribution in [0.15, 0.2) is 30.9 Å². The summed E-state index contributed by atoms with van der Waals surface area (Å²) in [6.07, 6.45) is 1.53. The standard InChI is InChI=1S/C10H9ClFNO/c1-2-5-13-10(14)8-6-7(12)3-4-9(8)11/h2-4,6H,1,5H2,(H,13,14). The molecule has 0 aliphatic carbocycles. The van der Waals surface area contributed by atoms with Crippen LogP contribution in [0.3, 0.4) is 0 Å². The van der Waals surface area contributed by atoms with Crippen molar-refractivity contribution in [3.05, 3.63) is 47.3 Å². The van der Waals surface area contributed by atoms with E-state index in [0.29, 0.717) is 6.54 Å². The summed E-state index contributed by atoms with van der Waals surface area (Å²) in [6, 6.07) is 3.65. The molecule has 0 saturated heterocycles. The van der Waals surface area contributed by atoms with E-state index in [2.05, 4.69) is 11.9 Å². The minimum absolute atomic E-state index is 0.133. The first-order chi connectivity index (χ1) is 6.65. The second-order valence-electron chi connectivity index (χ2n) is 2.62. The van der Waals surface area contributed by atoms with Crippen molar-refractivity contribution in [1.29, 1.82) is 0 Å². The molecule has 0 spiro atoms. The largest absolute Gasteiger partial charge is 0.349 e. The second kappa shape index (κ2) is 4.77. The molecule has 0 unspecified atom stereocenters. The zero-order valence-electron chi connectivity index (χ0n) is 7.39. The molecule has 14 heavy (non-hydrogen) atoms. The highest BCUT2D eigenvalue weighted by Crippen LogP contribution is 2.16. The monoisotopic (exact) mass is 213 g/mol. The summed E-state index contributed by atoms with van der Waals surface area (Å²) in [6.45, 7) is 3.77. The van der Waals surface area contributed by atoms with Crippen LogP contribution in [0.25, 0.3) is 0 Å². The van der Waals surface area contributed by atoms with Crippen LogP contribution in [-0.2, 0) is 0 Å². The maximum atomic E-state index is 12.8. The lowest BCUT2D eigenvalue weighted by molar-refractivity contribution is 0.0957. The molecule has 0 heterocycles. The lowest BCUT2D eigenvalue weighted by atomic mass is 10.2. The molecule has 0 saturated carbocycles. The molecule has 0 aliphatic heterocycles. The second-order valence-corrected chi connectivity index (χ2v) is 3.03. The SMILES string of the molecule is C=CCNC(=O)c1cc(F)ccc1Cl. The van der Waals surface area contributed by atoms with Gasteiger partial charge < -0.3 is 5.32 Å². The highest BCUT2D eigenvalue weighted by molar-refractivity contribution is 6.33. The smallest absolute Gasteiger partial charge is 0.253 e. The number of benzene rings is 1. The zero-order chi connectivity index (χ0) is 10.6. The molecule has 1 rings (SSSR count). The molecule has 2 nitrogen and oxygen atoms in total. The first kappa shape index (κ1) is 10.7. The lowest BCUT2D eigenvalue weighted by Gasteiger charge is -2.04. The van der Waals surface area contributed by atoms with E-state index in [1.165, 1.54) is 18.2 Å². The Labute approximate surface area is 86.4 Å². The maximum absolute atomic E-state index is 12.8. The Morgan fingerprint density at radius 2 is 2.36 bits per heavy atom. The number of halogens is 2. The van der Waals surface area contributed by atoms with Crippen molar-refractivity contribution in [3.63, 3.8) is 0 Å². The fourth-order valence-electron chi connectivity index (χ4n) is 0.932. The van der Waals surface area contributed by atoms with Crippen LogP contribution in [0, 0.1) is 5.82 Å². The molecule has 0 aromatic heterocycles. The third kappa shape index (κ3) is 2.57. The number of hydrogen-bond acceptors (Lipinski definition) is 1. The van der Waals surface area contributed by atoms with Gasteiger partial charge in [0.05, 0.1) is 10.6 Å². The summed E-state index contributed by atoms with van der Waals surface area (Å²) in [5, 5.41) is 2.74. The Balaban J connectivity index is 2.88. The van der Waals surface area contributed by atoms with Gasteiger partial charge in [0.15, 0.2) is 0 Å². The summed E-state index contributed by atoms with van der Waals surface area (Å²) in [7, 11) is 0. The Bertz CT molecular complexity index is 365. The summed E-state index contributed by atoms with van der Waals surface area (Å²) in [5.74, 6) is -0.896. The van der Waals surface area contributed by atoms with Crippen LogP contribution >= 0.6 is 11.6 Å². The van der Waals surface area contributed by atoms with Crippen molar-refractivity contribution < 1.29 is 9.18 Å². The van der Waals surface area contributed by atoms with E-state index >= 15 is 0 Å². The molecular weight excluding hydrogens is 205 g/mol.